The van der Waals surface area contributed by atoms with Crippen LogP contribution in [-0.4, -0.2) is 15.7 Å². The summed E-state index contributed by atoms with van der Waals surface area (Å²) in [7, 11) is 0. The first-order valence-electron chi connectivity index (χ1n) is 9.03. The molecule has 0 bridgehead atoms. The molecule has 2 aliphatic rings. The number of anilines is 2. The number of carbonyl (C=O) groups is 1. The molecule has 3 aromatic rings. The van der Waals surface area contributed by atoms with Crippen molar-refractivity contribution in [2.24, 2.45) is 0 Å². The molecule has 2 aromatic carbocycles. The third-order valence-electron chi connectivity index (χ3n) is 4.95. The molecule has 0 fully saturated rings. The van der Waals surface area contributed by atoms with Crippen molar-refractivity contribution in [1.29, 1.82) is 0 Å². The highest BCUT2D eigenvalue weighted by atomic mass is 32.2. The van der Waals surface area contributed by atoms with Gasteiger partial charge < -0.3 is 4.74 Å². The summed E-state index contributed by atoms with van der Waals surface area (Å²) in [6.07, 6.45) is -0.176. The van der Waals surface area contributed by atoms with Gasteiger partial charge in [-0.15, -0.1) is 0 Å². The number of para-hydroxylation sites is 2. The zero-order chi connectivity index (χ0) is 19.3. The Morgan fingerprint density at radius 2 is 1.79 bits per heavy atom. The predicted octanol–water partition coefficient (Wildman–Crippen LogP) is 3.66. The molecule has 1 unspecified atom stereocenters. The molecule has 0 saturated carbocycles. The molecule has 3 heterocycles. The molecule has 5 rings (SSSR count). The Morgan fingerprint density at radius 1 is 1.14 bits per heavy atom. The molecule has 1 aromatic heterocycles. The number of ether oxygens (including phenoxy) is 1. The van der Waals surface area contributed by atoms with Gasteiger partial charge in [0.25, 0.3) is 11.5 Å². The minimum atomic E-state index is -0.294. The van der Waals surface area contributed by atoms with Gasteiger partial charge in [-0.3, -0.25) is 14.5 Å². The van der Waals surface area contributed by atoms with Crippen molar-refractivity contribution < 1.29 is 9.53 Å². The Bertz CT molecular complexity index is 1110. The topological polar surface area (TPSA) is 64.4 Å². The van der Waals surface area contributed by atoms with Crippen LogP contribution in [-0.2, 0) is 22.7 Å². The van der Waals surface area contributed by atoms with Crippen molar-refractivity contribution in [2.75, 3.05) is 4.90 Å². The highest BCUT2D eigenvalue weighted by Gasteiger charge is 2.29. The van der Waals surface area contributed by atoms with Crippen molar-refractivity contribution >= 4 is 29.0 Å². The van der Waals surface area contributed by atoms with E-state index in [1.54, 1.807) is 16.7 Å². The van der Waals surface area contributed by atoms with Crippen molar-refractivity contribution in [3.63, 3.8) is 0 Å². The number of amides is 1. The first-order chi connectivity index (χ1) is 13.6. The second-order valence-corrected chi connectivity index (χ2v) is 7.85. The quantitative estimate of drug-likeness (QED) is 0.667. The van der Waals surface area contributed by atoms with Crippen molar-refractivity contribution in [2.45, 2.75) is 36.0 Å². The number of aromatic nitrogens is 2. The van der Waals surface area contributed by atoms with E-state index in [0.717, 1.165) is 32.4 Å². The highest BCUT2D eigenvalue weighted by molar-refractivity contribution is 7.99. The van der Waals surface area contributed by atoms with Crippen LogP contribution in [0.4, 0.5) is 11.4 Å². The van der Waals surface area contributed by atoms with Crippen LogP contribution in [0.15, 0.2) is 69.2 Å². The molecule has 6 nitrogen and oxygen atoms in total. The molecule has 0 saturated heterocycles. The summed E-state index contributed by atoms with van der Waals surface area (Å²) in [5.41, 5.74) is 2.87. The number of hydrogen-bond acceptors (Lipinski definition) is 5. The summed E-state index contributed by atoms with van der Waals surface area (Å²) in [5, 5.41) is 4.41. The second-order valence-electron chi connectivity index (χ2n) is 6.77. The van der Waals surface area contributed by atoms with E-state index < -0.39 is 0 Å². The van der Waals surface area contributed by atoms with Gasteiger partial charge in [-0.25, -0.2) is 4.68 Å². The van der Waals surface area contributed by atoms with Crippen LogP contribution in [0, 0.1) is 0 Å². The lowest BCUT2D eigenvalue weighted by molar-refractivity contribution is -0.118. The Hall–Kier alpha value is -2.90. The maximum absolute atomic E-state index is 13.3. The van der Waals surface area contributed by atoms with Crippen LogP contribution in [0.3, 0.4) is 0 Å². The van der Waals surface area contributed by atoms with Gasteiger partial charge in [-0.05, 0) is 31.2 Å². The van der Waals surface area contributed by atoms with Crippen LogP contribution in [0.2, 0.25) is 0 Å². The van der Waals surface area contributed by atoms with Crippen LogP contribution < -0.4 is 10.5 Å². The van der Waals surface area contributed by atoms with Crippen molar-refractivity contribution in [1.82, 2.24) is 9.78 Å². The molecule has 1 atom stereocenters. The summed E-state index contributed by atoms with van der Waals surface area (Å²) in [5.74, 6) is -0.207. The highest BCUT2D eigenvalue weighted by Crippen LogP contribution is 2.47. The van der Waals surface area contributed by atoms with E-state index in [9.17, 15) is 9.59 Å². The third kappa shape index (κ3) is 2.75. The molecule has 0 spiro atoms. The molecular weight excluding hydrogens is 374 g/mol. The first kappa shape index (κ1) is 17.2. The molecule has 0 N–H and O–H groups in total. The van der Waals surface area contributed by atoms with E-state index in [0.29, 0.717) is 6.61 Å². The van der Waals surface area contributed by atoms with E-state index >= 15 is 0 Å². The van der Waals surface area contributed by atoms with E-state index in [1.807, 2.05) is 55.5 Å². The van der Waals surface area contributed by atoms with Gasteiger partial charge in [0.05, 0.1) is 29.8 Å². The van der Waals surface area contributed by atoms with Crippen LogP contribution in [0.1, 0.15) is 24.3 Å². The number of carbonyl (C=O) groups excluding carboxylic acids is 1. The zero-order valence-electron chi connectivity index (χ0n) is 15.2. The van der Waals surface area contributed by atoms with Crippen molar-refractivity contribution in [3.8, 4) is 0 Å². The predicted molar refractivity (Wildman–Crippen MR) is 106 cm³/mol. The molecule has 2 aliphatic heterocycles. The second kappa shape index (κ2) is 6.61. The SMILES string of the molecule is CC1OCc2cc(=O)n(CC(=O)N3c4ccccc4Sc4ccccc43)nc21. The molecule has 0 aliphatic carbocycles. The van der Waals surface area contributed by atoms with Gasteiger partial charge in [0.2, 0.25) is 0 Å². The summed E-state index contributed by atoms with van der Waals surface area (Å²) in [6, 6.07) is 17.1. The maximum Gasteiger partial charge on any atom is 0.267 e. The smallest absolute Gasteiger partial charge is 0.267 e. The fourth-order valence-electron chi connectivity index (χ4n) is 3.58. The summed E-state index contributed by atoms with van der Waals surface area (Å²) in [6.45, 7) is 2.15. The molecule has 1 amide bonds. The largest absolute Gasteiger partial charge is 0.367 e. The number of benzene rings is 2. The lowest BCUT2D eigenvalue weighted by atomic mass is 10.2. The van der Waals surface area contributed by atoms with Gasteiger partial charge in [0.15, 0.2) is 0 Å². The zero-order valence-corrected chi connectivity index (χ0v) is 16.0. The lowest BCUT2D eigenvalue weighted by Gasteiger charge is -2.31. The third-order valence-corrected chi connectivity index (χ3v) is 6.08. The Morgan fingerprint density at radius 3 is 2.46 bits per heavy atom. The molecule has 28 heavy (non-hydrogen) atoms. The molecule has 140 valence electrons. The van der Waals surface area contributed by atoms with Crippen molar-refractivity contribution in [3.05, 3.63) is 76.2 Å². The van der Waals surface area contributed by atoms with Gasteiger partial charge in [0.1, 0.15) is 6.54 Å². The van der Waals surface area contributed by atoms with Crippen LogP contribution >= 0.6 is 11.8 Å². The number of nitrogens with zero attached hydrogens (tertiary/aromatic N) is 3. The Balaban J connectivity index is 1.55. The van der Waals surface area contributed by atoms with Gasteiger partial charge in [0, 0.05) is 21.4 Å². The monoisotopic (exact) mass is 391 g/mol. The molecule has 7 heteroatoms. The van der Waals surface area contributed by atoms with E-state index in [1.165, 1.54) is 10.7 Å². The summed E-state index contributed by atoms with van der Waals surface area (Å²) >= 11 is 1.64. The van der Waals surface area contributed by atoms with Gasteiger partial charge in [-0.2, -0.15) is 5.10 Å². The van der Waals surface area contributed by atoms with Crippen LogP contribution in [0.25, 0.3) is 0 Å². The summed E-state index contributed by atoms with van der Waals surface area (Å²) < 4.78 is 6.77. The van der Waals surface area contributed by atoms with Gasteiger partial charge >= 0.3 is 0 Å². The standard InChI is InChI=1S/C21H17N3O3S/c1-13-21-14(12-27-13)10-19(25)23(22-21)11-20(26)24-15-6-2-4-8-17(15)28-18-9-5-3-7-16(18)24/h2-10,13H,11-12H2,1H3. The average Bonchev–Trinajstić information content (AvgIpc) is 3.06. The summed E-state index contributed by atoms with van der Waals surface area (Å²) in [4.78, 5) is 29.5. The molecule has 0 radical (unpaired) electrons. The normalized spacial score (nSPS) is 17.0. The lowest BCUT2D eigenvalue weighted by Crippen LogP contribution is -2.36. The number of fused-ring (bicyclic) bond motifs is 3. The average molecular weight is 391 g/mol. The number of rotatable bonds is 2. The van der Waals surface area contributed by atoms with Gasteiger partial charge in [-0.1, -0.05) is 36.0 Å². The fourth-order valence-corrected chi connectivity index (χ4v) is 4.64. The number of hydrogen-bond donors (Lipinski definition) is 0. The minimum Gasteiger partial charge on any atom is -0.367 e. The van der Waals surface area contributed by atoms with Crippen LogP contribution in [0.5, 0.6) is 0 Å². The van der Waals surface area contributed by atoms with E-state index in [2.05, 4.69) is 5.10 Å². The maximum atomic E-state index is 13.3. The van der Waals surface area contributed by atoms with E-state index in [-0.39, 0.29) is 24.1 Å². The first-order valence-corrected chi connectivity index (χ1v) is 9.85. The van der Waals surface area contributed by atoms with E-state index in [4.69, 9.17) is 4.74 Å². The fraction of sp³-hybridized carbons (Fsp3) is 0.190. The minimum absolute atomic E-state index is 0.133. The Kier molecular flexibility index (Phi) is 4.07. The Labute approximate surface area is 165 Å². The molecular formula is C21H17N3O3S.